The van der Waals surface area contributed by atoms with Gasteiger partial charge in [-0.1, -0.05) is 13.8 Å². The second-order valence-corrected chi connectivity index (χ2v) is 4.40. The monoisotopic (exact) mass is 235 g/mol. The van der Waals surface area contributed by atoms with Gasteiger partial charge in [0.1, 0.15) is 5.82 Å². The van der Waals surface area contributed by atoms with Gasteiger partial charge in [-0.2, -0.15) is 0 Å². The molecule has 17 heavy (non-hydrogen) atoms. The van der Waals surface area contributed by atoms with Gasteiger partial charge in [0.25, 0.3) is 0 Å². The molecule has 0 amide bonds. The lowest BCUT2D eigenvalue weighted by Crippen LogP contribution is -2.28. The van der Waals surface area contributed by atoms with Gasteiger partial charge in [0.15, 0.2) is 5.69 Å². The second-order valence-electron chi connectivity index (χ2n) is 4.40. The molecule has 1 aliphatic heterocycles. The van der Waals surface area contributed by atoms with Gasteiger partial charge in [-0.25, -0.2) is 14.8 Å². The van der Waals surface area contributed by atoms with E-state index in [-0.39, 0.29) is 11.6 Å². The maximum absolute atomic E-state index is 11.2. The largest absolute Gasteiger partial charge is 0.477 e. The average Bonchev–Trinajstić information content (AvgIpc) is 2.36. The number of hydrogen-bond acceptors (Lipinski definition) is 4. The van der Waals surface area contributed by atoms with Crippen molar-refractivity contribution in [2.75, 3.05) is 6.54 Å². The van der Waals surface area contributed by atoms with Crippen LogP contribution in [0.5, 0.6) is 0 Å². The van der Waals surface area contributed by atoms with Crippen molar-refractivity contribution < 1.29 is 9.90 Å². The third-order valence-electron chi connectivity index (χ3n) is 3.21. The number of carboxylic acids is 1. The highest BCUT2D eigenvalue weighted by Gasteiger charge is 2.22. The minimum Gasteiger partial charge on any atom is -0.477 e. The SMILES string of the molecule is CCC(C)c1nc2c(c(C(=O)O)n1)CCNC2. The first-order chi connectivity index (χ1) is 8.13. The van der Waals surface area contributed by atoms with Gasteiger partial charge >= 0.3 is 5.97 Å². The van der Waals surface area contributed by atoms with E-state index in [2.05, 4.69) is 15.3 Å². The number of aromatic carboxylic acids is 1. The van der Waals surface area contributed by atoms with Gasteiger partial charge in [0.2, 0.25) is 0 Å². The van der Waals surface area contributed by atoms with E-state index < -0.39 is 5.97 Å². The van der Waals surface area contributed by atoms with E-state index >= 15 is 0 Å². The first kappa shape index (κ1) is 12.0. The molecule has 1 aliphatic rings. The Morgan fingerprint density at radius 2 is 2.29 bits per heavy atom. The Labute approximate surface area is 100 Å². The van der Waals surface area contributed by atoms with Crippen LogP contribution >= 0.6 is 0 Å². The first-order valence-corrected chi connectivity index (χ1v) is 5.97. The highest BCUT2D eigenvalue weighted by molar-refractivity contribution is 5.87. The zero-order valence-corrected chi connectivity index (χ0v) is 10.2. The Kier molecular flexibility index (Phi) is 3.38. The summed E-state index contributed by atoms with van der Waals surface area (Å²) < 4.78 is 0. The maximum atomic E-state index is 11.2. The molecule has 1 aromatic heterocycles. The number of aromatic nitrogens is 2. The van der Waals surface area contributed by atoms with Gasteiger partial charge in [0.05, 0.1) is 5.69 Å². The molecule has 0 aliphatic carbocycles. The van der Waals surface area contributed by atoms with E-state index in [9.17, 15) is 9.90 Å². The summed E-state index contributed by atoms with van der Waals surface area (Å²) in [6.07, 6.45) is 1.60. The van der Waals surface area contributed by atoms with Crippen molar-refractivity contribution in [3.05, 3.63) is 22.8 Å². The maximum Gasteiger partial charge on any atom is 0.354 e. The number of nitrogens with one attached hydrogen (secondary N) is 1. The molecule has 1 unspecified atom stereocenters. The summed E-state index contributed by atoms with van der Waals surface area (Å²) in [7, 11) is 0. The molecular weight excluding hydrogens is 218 g/mol. The smallest absolute Gasteiger partial charge is 0.354 e. The van der Waals surface area contributed by atoms with E-state index in [0.29, 0.717) is 18.8 Å². The summed E-state index contributed by atoms with van der Waals surface area (Å²) in [4.78, 5) is 19.9. The lowest BCUT2D eigenvalue weighted by atomic mass is 10.0. The summed E-state index contributed by atoms with van der Waals surface area (Å²) in [6, 6.07) is 0. The summed E-state index contributed by atoms with van der Waals surface area (Å²) in [5.41, 5.74) is 1.83. The van der Waals surface area contributed by atoms with E-state index in [1.165, 1.54) is 0 Å². The van der Waals surface area contributed by atoms with Crippen molar-refractivity contribution in [3.8, 4) is 0 Å². The van der Waals surface area contributed by atoms with Crippen molar-refractivity contribution >= 4 is 5.97 Å². The lowest BCUT2D eigenvalue weighted by molar-refractivity contribution is 0.0688. The quantitative estimate of drug-likeness (QED) is 0.826. The van der Waals surface area contributed by atoms with Gasteiger partial charge < -0.3 is 10.4 Å². The molecule has 2 rings (SSSR count). The molecule has 2 heterocycles. The zero-order chi connectivity index (χ0) is 12.4. The number of rotatable bonds is 3. The van der Waals surface area contributed by atoms with Crippen molar-refractivity contribution in [1.29, 1.82) is 0 Å². The Balaban J connectivity index is 2.52. The number of fused-ring (bicyclic) bond motifs is 1. The van der Waals surface area contributed by atoms with E-state index in [4.69, 9.17) is 0 Å². The number of hydrogen-bond donors (Lipinski definition) is 2. The number of nitrogens with zero attached hydrogens (tertiary/aromatic N) is 2. The molecule has 5 nitrogen and oxygen atoms in total. The fourth-order valence-electron chi connectivity index (χ4n) is 1.96. The highest BCUT2D eigenvalue weighted by atomic mass is 16.4. The molecule has 2 N–H and O–H groups in total. The third kappa shape index (κ3) is 2.29. The standard InChI is InChI=1S/C12H17N3O2/c1-3-7(2)11-14-9-6-13-5-4-8(9)10(15-11)12(16)17/h7,13H,3-6H2,1-2H3,(H,16,17). The van der Waals surface area contributed by atoms with Crippen LogP contribution in [-0.2, 0) is 13.0 Å². The van der Waals surface area contributed by atoms with Crippen LogP contribution in [0, 0.1) is 0 Å². The molecule has 1 atom stereocenters. The molecule has 0 saturated carbocycles. The van der Waals surface area contributed by atoms with E-state index in [1.54, 1.807) is 0 Å². The van der Waals surface area contributed by atoms with Crippen LogP contribution in [0.2, 0.25) is 0 Å². The van der Waals surface area contributed by atoms with Crippen LogP contribution in [0.25, 0.3) is 0 Å². The third-order valence-corrected chi connectivity index (χ3v) is 3.21. The summed E-state index contributed by atoms with van der Waals surface area (Å²) in [5.74, 6) is -0.109. The Hall–Kier alpha value is -1.49. The minimum absolute atomic E-state index is 0.187. The van der Waals surface area contributed by atoms with Crippen LogP contribution in [0.15, 0.2) is 0 Å². The molecule has 0 saturated heterocycles. The Morgan fingerprint density at radius 1 is 1.53 bits per heavy atom. The number of carbonyl (C=O) groups is 1. The fraction of sp³-hybridized carbons (Fsp3) is 0.583. The zero-order valence-electron chi connectivity index (χ0n) is 10.2. The van der Waals surface area contributed by atoms with Crippen LogP contribution in [0.1, 0.15) is 53.8 Å². The Morgan fingerprint density at radius 3 is 2.94 bits per heavy atom. The topological polar surface area (TPSA) is 75.1 Å². The molecule has 1 aromatic rings. The second kappa shape index (κ2) is 4.79. The highest BCUT2D eigenvalue weighted by Crippen LogP contribution is 2.21. The van der Waals surface area contributed by atoms with Crippen molar-refractivity contribution in [3.63, 3.8) is 0 Å². The molecule has 0 spiro atoms. The van der Waals surface area contributed by atoms with E-state index in [0.717, 1.165) is 24.2 Å². The molecule has 0 radical (unpaired) electrons. The van der Waals surface area contributed by atoms with Gasteiger partial charge in [-0.05, 0) is 19.4 Å². The van der Waals surface area contributed by atoms with Crippen molar-refractivity contribution in [2.24, 2.45) is 0 Å². The van der Waals surface area contributed by atoms with Crippen LogP contribution < -0.4 is 5.32 Å². The molecule has 0 aromatic carbocycles. The van der Waals surface area contributed by atoms with Crippen LogP contribution in [-0.4, -0.2) is 27.6 Å². The molecule has 0 bridgehead atoms. The van der Waals surface area contributed by atoms with Crippen LogP contribution in [0.4, 0.5) is 0 Å². The van der Waals surface area contributed by atoms with Crippen molar-refractivity contribution in [1.82, 2.24) is 15.3 Å². The molecule has 0 fully saturated rings. The Bertz CT molecular complexity index is 446. The normalized spacial score (nSPS) is 16.4. The molecule has 5 heteroatoms. The fourth-order valence-corrected chi connectivity index (χ4v) is 1.96. The van der Waals surface area contributed by atoms with Crippen LogP contribution in [0.3, 0.4) is 0 Å². The first-order valence-electron chi connectivity index (χ1n) is 5.97. The molecule has 92 valence electrons. The number of carboxylic acid groups (broad SMARTS) is 1. The van der Waals surface area contributed by atoms with E-state index in [1.807, 2.05) is 13.8 Å². The average molecular weight is 235 g/mol. The lowest BCUT2D eigenvalue weighted by Gasteiger charge is -2.19. The van der Waals surface area contributed by atoms with Gasteiger partial charge in [-0.15, -0.1) is 0 Å². The summed E-state index contributed by atoms with van der Waals surface area (Å²) in [5, 5.41) is 12.4. The predicted octanol–water partition coefficient (Wildman–Crippen LogP) is 1.33. The predicted molar refractivity (Wildman–Crippen MR) is 63.1 cm³/mol. The van der Waals surface area contributed by atoms with Gasteiger partial charge in [0, 0.05) is 18.0 Å². The van der Waals surface area contributed by atoms with Crippen molar-refractivity contribution in [2.45, 2.75) is 39.2 Å². The minimum atomic E-state index is -0.949. The van der Waals surface area contributed by atoms with Gasteiger partial charge in [-0.3, -0.25) is 0 Å². The summed E-state index contributed by atoms with van der Waals surface area (Å²) >= 11 is 0. The summed E-state index contributed by atoms with van der Waals surface area (Å²) in [6.45, 7) is 5.50. The molecular formula is C12H17N3O2.